The molecule has 0 fully saturated rings. The van der Waals surface area contributed by atoms with Crippen molar-refractivity contribution in [2.24, 2.45) is 0 Å². The zero-order valence-electron chi connectivity index (χ0n) is 50.5. The van der Waals surface area contributed by atoms with E-state index in [1.54, 1.807) is 0 Å². The van der Waals surface area contributed by atoms with Crippen LogP contribution >= 0.6 is 0 Å². The fraction of sp³-hybridized carbons (Fsp3) is 0.0741. The average molecular weight is 1210 g/mol. The molecule has 423 valence electrons. The molecule has 3 heteroatoms. The van der Waals surface area contributed by atoms with E-state index in [0.29, 0.717) is 0 Å². The normalized spacial score (nSPS) is 9.21. The van der Waals surface area contributed by atoms with Crippen molar-refractivity contribution < 1.29 is 55.7 Å². The van der Waals surface area contributed by atoms with E-state index < -0.39 is 0 Å². The Hall–Kier alpha value is -7.61. The van der Waals surface area contributed by atoms with Crippen LogP contribution in [0.1, 0.15) is 41.5 Å². The van der Waals surface area contributed by atoms with E-state index in [1.165, 1.54) is 97.0 Å². The van der Waals surface area contributed by atoms with Crippen LogP contribution in [-0.2, 0) is 55.7 Å². The van der Waals surface area contributed by atoms with Crippen LogP contribution in [-0.4, -0.2) is 0 Å². The maximum Gasteiger partial charge on any atom is 0 e. The first-order valence-electron chi connectivity index (χ1n) is 27.7. The maximum absolute atomic E-state index is 2.21. The second-order valence-electron chi connectivity index (χ2n) is 17.4. The molecule has 0 heterocycles. The van der Waals surface area contributed by atoms with Gasteiger partial charge in [0.15, 0.2) is 0 Å². The molecule has 84 heavy (non-hydrogen) atoms. The summed E-state index contributed by atoms with van der Waals surface area (Å²) >= 11 is 0. The van der Waals surface area contributed by atoms with Crippen LogP contribution in [0, 0.1) is 22.3 Å². The predicted octanol–water partition coefficient (Wildman–Crippen LogP) is 24.9. The zero-order valence-corrected chi connectivity index (χ0v) is 54.7. The summed E-state index contributed by atoms with van der Waals surface area (Å²) in [6.45, 7) is 12.0. The summed E-state index contributed by atoms with van der Waals surface area (Å²) in [6.07, 6.45) is 0. The molecule has 0 aliphatic rings. The minimum atomic E-state index is 0. The molecule has 0 nitrogen and oxygen atoms in total. The fourth-order valence-electron chi connectivity index (χ4n) is 9.73. The van der Waals surface area contributed by atoms with Gasteiger partial charge < -0.3 is 22.3 Å². The number of hydrogen-bond acceptors (Lipinski definition) is 0. The molecule has 0 saturated carbocycles. The van der Waals surface area contributed by atoms with Crippen LogP contribution in [0.15, 0.2) is 328 Å². The van der Waals surface area contributed by atoms with Crippen molar-refractivity contribution in [1.29, 1.82) is 0 Å². The molecule has 15 aromatic rings. The van der Waals surface area contributed by atoms with Gasteiger partial charge in [0, 0.05) is 55.7 Å². The van der Waals surface area contributed by atoms with Gasteiger partial charge in [0.2, 0.25) is 0 Å². The quantitative estimate of drug-likeness (QED) is 0.105. The Kier molecular flexibility index (Phi) is 36.7. The van der Waals surface area contributed by atoms with Crippen molar-refractivity contribution in [3.05, 3.63) is 350 Å². The minimum absolute atomic E-state index is 0. The first-order chi connectivity index (χ1) is 38.8. The molecule has 0 amide bonds. The van der Waals surface area contributed by atoms with E-state index in [1.807, 2.05) is 151 Å². The van der Waals surface area contributed by atoms with Crippen LogP contribution in [0.3, 0.4) is 0 Å². The Bertz CT molecular complexity index is 2990. The molecule has 0 unspecified atom stereocenters. The van der Waals surface area contributed by atoms with Crippen LogP contribution in [0.5, 0.6) is 0 Å². The predicted molar refractivity (Wildman–Crippen MR) is 369 cm³/mol. The van der Waals surface area contributed by atoms with Crippen molar-refractivity contribution >= 4 is 97.0 Å². The van der Waals surface area contributed by atoms with Gasteiger partial charge in [0.05, 0.1) is 0 Å². The fourth-order valence-corrected chi connectivity index (χ4v) is 9.73. The van der Waals surface area contributed by atoms with E-state index in [4.69, 9.17) is 0 Å². The van der Waals surface area contributed by atoms with E-state index in [-0.39, 0.29) is 77.9 Å². The molecule has 15 rings (SSSR count). The van der Waals surface area contributed by atoms with Crippen molar-refractivity contribution in [3.8, 4) is 0 Å². The van der Waals surface area contributed by atoms with Crippen molar-refractivity contribution in [3.63, 3.8) is 0 Å². The summed E-state index contributed by atoms with van der Waals surface area (Å²) in [5.74, 6) is 0. The number of hydrogen-bond donors (Lipinski definition) is 0. The van der Waals surface area contributed by atoms with Gasteiger partial charge >= 0.3 is 0 Å². The van der Waals surface area contributed by atoms with E-state index in [9.17, 15) is 0 Å². The largest absolute Gasteiger partial charge is 0.358 e. The van der Waals surface area contributed by atoms with Crippen LogP contribution in [0.25, 0.3) is 97.0 Å². The topological polar surface area (TPSA) is 0 Å². The Morgan fingerprint density at radius 1 is 0.107 bits per heavy atom. The van der Waals surface area contributed by atoms with Gasteiger partial charge in [0.25, 0.3) is 0 Å². The van der Waals surface area contributed by atoms with Crippen LogP contribution in [0.2, 0.25) is 0 Å². The van der Waals surface area contributed by atoms with Gasteiger partial charge in [-0.1, -0.05) is 369 Å². The summed E-state index contributed by atoms with van der Waals surface area (Å²) < 4.78 is 0. The monoisotopic (exact) mass is 1210 g/mol. The SMILES string of the molecule is CC.CC.CC.[CH3-].[CH3-].[CH3-].[V].[V].[V].c1ccc2c(c1)c1ccccc1c1ccccc21.c1ccc2c(c1)c1ccccc1c1ccccc21.c1ccc2c(c1)c1ccccc1c1ccccc21.c1ccccc1.c1ccccc1.c1ccccc1. The molecule has 15 aromatic carbocycles. The van der Waals surface area contributed by atoms with Gasteiger partial charge in [-0.05, 0) is 97.0 Å². The molecular formula is C81H81V3-3. The standard InChI is InChI=1S/3C18H12.3C6H6.3C2H6.3CH3.3V/c3*1-2-8-14-13(7-1)15-9-3-4-11-17(15)18-12-6-5-10-16(14)18;3*1-2-4-6-5-3-1;3*1-2;;;;;;/h3*1-12H;3*1-6H;3*1-2H3;3*1H3;;;/q;;;;;;;;;3*-1;;;. The van der Waals surface area contributed by atoms with Gasteiger partial charge in [-0.15, -0.1) is 0 Å². The smallest absolute Gasteiger partial charge is 0 e. The molecule has 0 saturated heterocycles. The Labute approximate surface area is 539 Å². The molecule has 0 aliphatic carbocycles. The summed E-state index contributed by atoms with van der Waals surface area (Å²) in [5.41, 5.74) is 0. The summed E-state index contributed by atoms with van der Waals surface area (Å²) in [5, 5.41) is 24.1. The average Bonchev–Trinajstić information content (AvgIpc) is 1.51. The molecule has 0 aromatic heterocycles. The second kappa shape index (κ2) is 41.4. The maximum atomic E-state index is 2.21. The van der Waals surface area contributed by atoms with Crippen molar-refractivity contribution in [2.75, 3.05) is 0 Å². The Morgan fingerprint density at radius 2 is 0.155 bits per heavy atom. The van der Waals surface area contributed by atoms with Gasteiger partial charge in [0.1, 0.15) is 0 Å². The number of rotatable bonds is 0. The third-order valence-corrected chi connectivity index (χ3v) is 13.0. The molecule has 0 spiro atoms. The van der Waals surface area contributed by atoms with Gasteiger partial charge in [-0.25, -0.2) is 0 Å². The Balaban J connectivity index is 0.000000513. The summed E-state index contributed by atoms with van der Waals surface area (Å²) in [4.78, 5) is 0. The minimum Gasteiger partial charge on any atom is -0.358 e. The van der Waals surface area contributed by atoms with E-state index in [2.05, 4.69) is 218 Å². The Morgan fingerprint density at radius 3 is 0.202 bits per heavy atom. The second-order valence-corrected chi connectivity index (χ2v) is 17.4. The molecule has 0 atom stereocenters. The third kappa shape index (κ3) is 19.0. The van der Waals surface area contributed by atoms with Gasteiger partial charge in [-0.2, -0.15) is 0 Å². The van der Waals surface area contributed by atoms with Crippen LogP contribution in [0.4, 0.5) is 0 Å². The molecule has 0 aliphatic heterocycles. The summed E-state index contributed by atoms with van der Waals surface area (Å²) in [7, 11) is 0. The zero-order chi connectivity index (χ0) is 54.6. The van der Waals surface area contributed by atoms with E-state index >= 15 is 0 Å². The molecule has 0 N–H and O–H groups in total. The summed E-state index contributed by atoms with van der Waals surface area (Å²) in [6, 6.07) is 114. The number of fused-ring (bicyclic) bond motifs is 18. The van der Waals surface area contributed by atoms with Crippen LogP contribution < -0.4 is 0 Å². The van der Waals surface area contributed by atoms with Gasteiger partial charge in [-0.3, -0.25) is 0 Å². The first kappa shape index (κ1) is 74.4. The third-order valence-electron chi connectivity index (χ3n) is 13.0. The molecular weight excluding hydrogens is 1130 g/mol. The van der Waals surface area contributed by atoms with Crippen molar-refractivity contribution in [1.82, 2.24) is 0 Å². The number of benzene rings is 15. The first-order valence-corrected chi connectivity index (χ1v) is 27.7. The van der Waals surface area contributed by atoms with Crippen molar-refractivity contribution in [2.45, 2.75) is 41.5 Å². The molecule has 0 bridgehead atoms. The molecule has 3 radical (unpaired) electrons. The van der Waals surface area contributed by atoms with E-state index in [0.717, 1.165) is 0 Å².